The number of amides is 1. The number of nitrogens with zero attached hydrogens (tertiary/aromatic N) is 3. The molecule has 1 unspecified atom stereocenters. The number of halogens is 2. The summed E-state index contributed by atoms with van der Waals surface area (Å²) in [5.74, 6) is 0.766. The summed E-state index contributed by atoms with van der Waals surface area (Å²) < 4.78 is 24.0. The molecule has 0 bridgehead atoms. The van der Waals surface area contributed by atoms with Crippen molar-refractivity contribution in [1.29, 1.82) is 0 Å². The Morgan fingerprint density at radius 3 is 2.79 bits per heavy atom. The van der Waals surface area contributed by atoms with Gasteiger partial charge >= 0.3 is 6.09 Å². The topological polar surface area (TPSA) is 66.4 Å². The fraction of sp³-hybridized carbons (Fsp3) is 0.600. The molecule has 1 amide bonds. The highest BCUT2D eigenvalue weighted by Crippen LogP contribution is 2.20. The summed E-state index contributed by atoms with van der Waals surface area (Å²) in [6.07, 6.45) is 0.469. The lowest BCUT2D eigenvalue weighted by Crippen LogP contribution is -2.57. The third kappa shape index (κ3) is 6.10. The van der Waals surface area contributed by atoms with Gasteiger partial charge in [-0.2, -0.15) is 0 Å². The zero-order valence-electron chi connectivity index (χ0n) is 17.4. The predicted molar refractivity (Wildman–Crippen MR) is 121 cm³/mol. The summed E-state index contributed by atoms with van der Waals surface area (Å²) in [5.41, 5.74) is 0.506. The fourth-order valence-corrected chi connectivity index (χ4v) is 3.40. The van der Waals surface area contributed by atoms with E-state index in [0.29, 0.717) is 26.2 Å². The fourth-order valence-electron chi connectivity index (χ4n) is 3.40. The zero-order valence-corrected chi connectivity index (χ0v) is 19.7. The van der Waals surface area contributed by atoms with Crippen LogP contribution in [-0.4, -0.2) is 73.3 Å². The Kier molecular flexibility index (Phi) is 7.95. The van der Waals surface area contributed by atoms with Crippen molar-refractivity contribution in [2.24, 2.45) is 4.99 Å². The molecule has 0 aliphatic carbocycles. The van der Waals surface area contributed by atoms with E-state index in [1.54, 1.807) is 17.0 Å². The molecule has 1 saturated heterocycles. The first kappa shape index (κ1) is 23.5. The molecule has 1 N–H and O–H groups in total. The minimum absolute atomic E-state index is 0. The number of carbonyl (C=O) groups is 1. The van der Waals surface area contributed by atoms with E-state index in [4.69, 9.17) is 9.47 Å². The van der Waals surface area contributed by atoms with Gasteiger partial charge < -0.3 is 24.6 Å². The van der Waals surface area contributed by atoms with E-state index in [9.17, 15) is 9.18 Å². The molecule has 0 aromatic heterocycles. The second-order valence-corrected chi connectivity index (χ2v) is 8.08. The first-order valence-electron chi connectivity index (χ1n) is 9.62. The molecule has 1 atom stereocenters. The molecule has 1 aromatic carbocycles. The highest BCUT2D eigenvalue weighted by molar-refractivity contribution is 14.0. The molecule has 2 heterocycles. The van der Waals surface area contributed by atoms with Crippen LogP contribution in [0.15, 0.2) is 23.2 Å². The van der Waals surface area contributed by atoms with Crippen molar-refractivity contribution < 1.29 is 18.7 Å². The molecule has 9 heteroatoms. The quantitative estimate of drug-likeness (QED) is 0.619. The number of hydrogen-bond donors (Lipinski definition) is 1. The number of piperazine rings is 1. The van der Waals surface area contributed by atoms with Crippen molar-refractivity contribution in [3.05, 3.63) is 29.6 Å². The van der Waals surface area contributed by atoms with Crippen molar-refractivity contribution in [2.75, 3.05) is 39.8 Å². The molecular weight excluding hydrogens is 490 g/mol. The predicted octanol–water partition coefficient (Wildman–Crippen LogP) is 2.88. The number of benzene rings is 1. The Balaban J connectivity index is 0.00000300. The Morgan fingerprint density at radius 2 is 2.10 bits per heavy atom. The van der Waals surface area contributed by atoms with E-state index in [-0.39, 0.29) is 47.7 Å². The zero-order chi connectivity index (χ0) is 20.3. The maximum atomic E-state index is 13.5. The molecule has 3 rings (SSSR count). The molecule has 7 nitrogen and oxygen atoms in total. The van der Waals surface area contributed by atoms with Gasteiger partial charge in [-0.3, -0.25) is 4.99 Å². The molecular formula is C20H30FIN4O3. The van der Waals surface area contributed by atoms with E-state index >= 15 is 0 Å². The lowest BCUT2D eigenvalue weighted by molar-refractivity contribution is 0.0137. The molecule has 29 heavy (non-hydrogen) atoms. The van der Waals surface area contributed by atoms with Crippen molar-refractivity contribution in [1.82, 2.24) is 15.1 Å². The molecule has 0 spiro atoms. The average Bonchev–Trinajstić information content (AvgIpc) is 3.04. The van der Waals surface area contributed by atoms with Gasteiger partial charge in [0.05, 0.1) is 19.7 Å². The number of ether oxygens (including phenoxy) is 2. The summed E-state index contributed by atoms with van der Waals surface area (Å²) in [4.78, 5) is 20.9. The second kappa shape index (κ2) is 9.82. The molecule has 1 aromatic rings. The van der Waals surface area contributed by atoms with Crippen molar-refractivity contribution in [3.63, 3.8) is 0 Å². The van der Waals surface area contributed by atoms with Gasteiger partial charge in [0.2, 0.25) is 0 Å². The van der Waals surface area contributed by atoms with Crippen LogP contribution in [0.25, 0.3) is 0 Å². The first-order chi connectivity index (χ1) is 13.3. The molecule has 2 aliphatic rings. The second-order valence-electron chi connectivity index (χ2n) is 8.08. The summed E-state index contributed by atoms with van der Waals surface area (Å²) in [7, 11) is 1.46. The number of rotatable bonds is 4. The van der Waals surface area contributed by atoms with Gasteiger partial charge in [0.15, 0.2) is 17.5 Å². The van der Waals surface area contributed by atoms with Crippen LogP contribution in [0.1, 0.15) is 26.3 Å². The standard InChI is InChI=1S/C20H29FN4O3.HI/c1-20(2,3)28-19(26)24-9-10-25-15(13-24)12-23-18(25)22-8-7-14-5-6-16(21)17(11-14)27-4;/h5-6,11,15H,7-10,12-13H2,1-4H3,(H,22,23);1H. The summed E-state index contributed by atoms with van der Waals surface area (Å²) in [5, 5.41) is 3.37. The maximum absolute atomic E-state index is 13.5. The van der Waals surface area contributed by atoms with E-state index in [0.717, 1.165) is 24.5 Å². The summed E-state index contributed by atoms with van der Waals surface area (Å²) >= 11 is 0. The third-order valence-corrected chi connectivity index (χ3v) is 4.77. The number of nitrogens with one attached hydrogen (secondary N) is 1. The number of methoxy groups -OCH3 is 1. The Labute approximate surface area is 188 Å². The number of fused-ring (bicyclic) bond motifs is 1. The van der Waals surface area contributed by atoms with Crippen molar-refractivity contribution in [2.45, 2.75) is 38.8 Å². The van der Waals surface area contributed by atoms with E-state index < -0.39 is 5.60 Å². The van der Waals surface area contributed by atoms with Gasteiger partial charge in [-0.05, 0) is 44.9 Å². The highest BCUT2D eigenvalue weighted by atomic mass is 127. The van der Waals surface area contributed by atoms with Gasteiger partial charge in [0.25, 0.3) is 0 Å². The van der Waals surface area contributed by atoms with Crippen LogP contribution in [0.2, 0.25) is 0 Å². The van der Waals surface area contributed by atoms with Crippen LogP contribution in [0.4, 0.5) is 9.18 Å². The Hall–Kier alpha value is -1.78. The summed E-state index contributed by atoms with van der Waals surface area (Å²) in [6.45, 7) is 8.91. The van der Waals surface area contributed by atoms with Crippen LogP contribution in [0.3, 0.4) is 0 Å². The molecule has 0 radical (unpaired) electrons. The van der Waals surface area contributed by atoms with Crippen molar-refractivity contribution in [3.8, 4) is 5.75 Å². The highest BCUT2D eigenvalue weighted by Gasteiger charge is 2.36. The van der Waals surface area contributed by atoms with Crippen LogP contribution in [-0.2, 0) is 11.2 Å². The lowest BCUT2D eigenvalue weighted by Gasteiger charge is -2.39. The smallest absolute Gasteiger partial charge is 0.410 e. The minimum Gasteiger partial charge on any atom is -0.494 e. The Bertz CT molecular complexity index is 754. The van der Waals surface area contributed by atoms with Crippen LogP contribution < -0.4 is 10.1 Å². The lowest BCUT2D eigenvalue weighted by atomic mass is 10.1. The Morgan fingerprint density at radius 1 is 1.34 bits per heavy atom. The average molecular weight is 520 g/mol. The number of guanidine groups is 1. The van der Waals surface area contributed by atoms with Gasteiger partial charge in [0, 0.05) is 26.2 Å². The van der Waals surface area contributed by atoms with E-state index in [1.807, 2.05) is 20.8 Å². The van der Waals surface area contributed by atoms with Crippen molar-refractivity contribution >= 4 is 36.0 Å². The van der Waals surface area contributed by atoms with Gasteiger partial charge in [-0.1, -0.05) is 6.07 Å². The first-order valence-corrected chi connectivity index (χ1v) is 9.62. The molecule has 2 aliphatic heterocycles. The number of aliphatic imine (C=N–C) groups is 1. The SMILES string of the molecule is COc1cc(CCNC2=NCC3CN(C(=O)OC(C)(C)C)CCN23)ccc1F.I. The van der Waals surface area contributed by atoms with E-state index in [2.05, 4.69) is 15.2 Å². The molecule has 1 fully saturated rings. The normalized spacial score (nSPS) is 18.5. The number of hydrogen-bond acceptors (Lipinski definition) is 6. The van der Waals surface area contributed by atoms with Gasteiger partial charge in [-0.25, -0.2) is 9.18 Å². The van der Waals surface area contributed by atoms with Crippen LogP contribution in [0, 0.1) is 5.82 Å². The minimum atomic E-state index is -0.490. The largest absolute Gasteiger partial charge is 0.494 e. The van der Waals surface area contributed by atoms with Crippen LogP contribution >= 0.6 is 24.0 Å². The molecule has 0 saturated carbocycles. The van der Waals surface area contributed by atoms with Crippen LogP contribution in [0.5, 0.6) is 5.75 Å². The van der Waals surface area contributed by atoms with Gasteiger partial charge in [-0.15, -0.1) is 24.0 Å². The number of carbonyl (C=O) groups excluding carboxylic acids is 1. The van der Waals surface area contributed by atoms with E-state index in [1.165, 1.54) is 13.2 Å². The summed E-state index contributed by atoms with van der Waals surface area (Å²) in [6, 6.07) is 5.08. The van der Waals surface area contributed by atoms with Gasteiger partial charge in [0.1, 0.15) is 5.60 Å². The monoisotopic (exact) mass is 520 g/mol. The third-order valence-electron chi connectivity index (χ3n) is 4.77. The maximum Gasteiger partial charge on any atom is 0.410 e. The molecule has 162 valence electrons.